The molecule has 1 atom stereocenters. The van der Waals surface area contributed by atoms with E-state index in [9.17, 15) is 4.79 Å². The highest BCUT2D eigenvalue weighted by Gasteiger charge is 2.25. The number of aryl methyl sites for hydroxylation is 3. The molecular formula is C16H23N5O. The Morgan fingerprint density at radius 3 is 3.00 bits per heavy atom. The predicted molar refractivity (Wildman–Crippen MR) is 83.5 cm³/mol. The summed E-state index contributed by atoms with van der Waals surface area (Å²) in [7, 11) is 0. The van der Waals surface area contributed by atoms with E-state index in [1.165, 1.54) is 0 Å². The Hall–Kier alpha value is -2.11. The number of nitrogens with one attached hydrogen (secondary N) is 1. The molecule has 1 aliphatic rings. The van der Waals surface area contributed by atoms with Crippen LogP contribution in [0, 0.1) is 13.8 Å². The van der Waals surface area contributed by atoms with Crippen LogP contribution in [0.1, 0.15) is 42.1 Å². The van der Waals surface area contributed by atoms with E-state index < -0.39 is 0 Å². The fourth-order valence-electron chi connectivity index (χ4n) is 3.05. The first-order valence-electron chi connectivity index (χ1n) is 7.90. The van der Waals surface area contributed by atoms with E-state index in [0.29, 0.717) is 18.9 Å². The number of nitrogens with zero attached hydrogens (tertiary/aromatic N) is 4. The highest BCUT2D eigenvalue weighted by Crippen LogP contribution is 2.26. The summed E-state index contributed by atoms with van der Waals surface area (Å²) in [6, 6.07) is 2.09. The number of aromatic nitrogens is 4. The van der Waals surface area contributed by atoms with Crippen LogP contribution in [0.25, 0.3) is 0 Å². The van der Waals surface area contributed by atoms with Gasteiger partial charge in [0.25, 0.3) is 0 Å². The molecule has 6 heteroatoms. The largest absolute Gasteiger partial charge is 0.342 e. The van der Waals surface area contributed by atoms with Gasteiger partial charge in [-0.1, -0.05) is 0 Å². The van der Waals surface area contributed by atoms with Crippen LogP contribution >= 0.6 is 0 Å². The molecule has 0 saturated carbocycles. The van der Waals surface area contributed by atoms with Crippen molar-refractivity contribution in [3.63, 3.8) is 0 Å². The number of hydrogen-bond donors (Lipinski definition) is 1. The van der Waals surface area contributed by atoms with E-state index in [-0.39, 0.29) is 5.91 Å². The molecule has 1 fully saturated rings. The molecule has 22 heavy (non-hydrogen) atoms. The molecule has 118 valence electrons. The maximum atomic E-state index is 12.4. The third kappa shape index (κ3) is 3.37. The average Bonchev–Trinajstić information content (AvgIpc) is 3.13. The predicted octanol–water partition coefficient (Wildman–Crippen LogP) is 2.02. The number of carbonyl (C=O) groups excluding carboxylic acids is 1. The van der Waals surface area contributed by atoms with Gasteiger partial charge in [0.05, 0.1) is 11.9 Å². The summed E-state index contributed by atoms with van der Waals surface area (Å²) in [5.74, 6) is 0.569. The maximum absolute atomic E-state index is 12.4. The molecule has 1 N–H and O–H groups in total. The number of carbonyl (C=O) groups is 1. The van der Waals surface area contributed by atoms with Crippen LogP contribution in [-0.2, 0) is 11.3 Å². The molecule has 1 aliphatic heterocycles. The van der Waals surface area contributed by atoms with Crippen molar-refractivity contribution >= 4 is 5.91 Å². The summed E-state index contributed by atoms with van der Waals surface area (Å²) in [6.45, 7) is 6.30. The zero-order chi connectivity index (χ0) is 15.5. The number of H-pyrrole nitrogens is 1. The van der Waals surface area contributed by atoms with Gasteiger partial charge in [0.2, 0.25) is 5.91 Å². The van der Waals surface area contributed by atoms with E-state index in [1.807, 2.05) is 35.8 Å². The number of piperidine rings is 1. The third-order valence-corrected chi connectivity index (χ3v) is 4.24. The smallest absolute Gasteiger partial charge is 0.224 e. The van der Waals surface area contributed by atoms with Gasteiger partial charge < -0.3 is 4.90 Å². The number of rotatable bonds is 4. The van der Waals surface area contributed by atoms with Gasteiger partial charge in [0, 0.05) is 43.9 Å². The quantitative estimate of drug-likeness (QED) is 0.939. The normalized spacial score (nSPS) is 18.6. The summed E-state index contributed by atoms with van der Waals surface area (Å²) in [6.07, 6.45) is 6.45. The first kappa shape index (κ1) is 14.8. The summed E-state index contributed by atoms with van der Waals surface area (Å²) < 4.78 is 1.84. The molecule has 1 amide bonds. The molecule has 2 aromatic rings. The second-order valence-corrected chi connectivity index (χ2v) is 6.19. The lowest BCUT2D eigenvalue weighted by atomic mass is 9.94. The average molecular weight is 301 g/mol. The lowest BCUT2D eigenvalue weighted by molar-refractivity contribution is -0.132. The van der Waals surface area contributed by atoms with Crippen molar-refractivity contribution in [2.24, 2.45) is 0 Å². The molecule has 0 aliphatic carbocycles. The minimum Gasteiger partial charge on any atom is -0.342 e. The topological polar surface area (TPSA) is 66.8 Å². The van der Waals surface area contributed by atoms with Crippen LogP contribution in [0.15, 0.2) is 18.5 Å². The monoisotopic (exact) mass is 301 g/mol. The Morgan fingerprint density at radius 1 is 1.45 bits per heavy atom. The van der Waals surface area contributed by atoms with Gasteiger partial charge in [-0.05, 0) is 38.3 Å². The van der Waals surface area contributed by atoms with E-state index >= 15 is 0 Å². The summed E-state index contributed by atoms with van der Waals surface area (Å²) in [4.78, 5) is 14.4. The Bertz CT molecular complexity index is 645. The Labute approximate surface area is 130 Å². The first-order valence-corrected chi connectivity index (χ1v) is 7.90. The molecule has 6 nitrogen and oxygen atoms in total. The van der Waals surface area contributed by atoms with Crippen LogP contribution in [0.2, 0.25) is 0 Å². The zero-order valence-corrected chi connectivity index (χ0v) is 13.2. The van der Waals surface area contributed by atoms with Gasteiger partial charge in [0.1, 0.15) is 0 Å². The van der Waals surface area contributed by atoms with Gasteiger partial charge in [-0.25, -0.2) is 0 Å². The van der Waals surface area contributed by atoms with E-state index in [4.69, 9.17) is 0 Å². The second-order valence-electron chi connectivity index (χ2n) is 6.19. The van der Waals surface area contributed by atoms with Crippen molar-refractivity contribution in [2.75, 3.05) is 13.1 Å². The van der Waals surface area contributed by atoms with E-state index in [0.717, 1.165) is 42.9 Å². The minimum atomic E-state index is 0.213. The van der Waals surface area contributed by atoms with Gasteiger partial charge in [-0.2, -0.15) is 10.2 Å². The first-order chi connectivity index (χ1) is 10.6. The number of aromatic amines is 1. The molecule has 3 heterocycles. The fourth-order valence-corrected chi connectivity index (χ4v) is 3.05. The van der Waals surface area contributed by atoms with Crippen LogP contribution in [0.3, 0.4) is 0 Å². The lowest BCUT2D eigenvalue weighted by Crippen LogP contribution is -2.39. The minimum absolute atomic E-state index is 0.213. The third-order valence-electron chi connectivity index (χ3n) is 4.24. The molecular weight excluding hydrogens is 278 g/mol. The van der Waals surface area contributed by atoms with Gasteiger partial charge in [-0.15, -0.1) is 0 Å². The van der Waals surface area contributed by atoms with E-state index in [1.54, 1.807) is 0 Å². The van der Waals surface area contributed by atoms with Crippen LogP contribution < -0.4 is 0 Å². The summed E-state index contributed by atoms with van der Waals surface area (Å²) in [5.41, 5.74) is 3.28. The number of likely N-dealkylation sites (tertiary alicyclic amines) is 1. The molecule has 0 bridgehead atoms. The van der Waals surface area contributed by atoms with Crippen molar-refractivity contribution in [2.45, 2.75) is 45.6 Å². The van der Waals surface area contributed by atoms with Gasteiger partial charge in [-0.3, -0.25) is 14.6 Å². The molecule has 0 aromatic carbocycles. The van der Waals surface area contributed by atoms with Crippen LogP contribution in [0.4, 0.5) is 0 Å². The highest BCUT2D eigenvalue weighted by atomic mass is 16.2. The van der Waals surface area contributed by atoms with Crippen molar-refractivity contribution in [3.05, 3.63) is 35.4 Å². The standard InChI is InChI=1S/C16H23N5O/c1-12-9-17-21(10-12)7-5-16(22)20-6-3-4-14(11-20)15-8-13(2)18-19-15/h8-10,14H,3-7,11H2,1-2H3,(H,18,19)/t14-/m0/s1. The molecule has 1 saturated heterocycles. The SMILES string of the molecule is Cc1cnn(CCC(=O)N2CCC[C@H](c3cc(C)[nH]n3)C2)c1. The zero-order valence-electron chi connectivity index (χ0n) is 13.2. The van der Waals surface area contributed by atoms with Gasteiger partial charge >= 0.3 is 0 Å². The lowest BCUT2D eigenvalue weighted by Gasteiger charge is -2.32. The Kier molecular flexibility index (Phi) is 4.27. The number of amides is 1. The van der Waals surface area contributed by atoms with Crippen molar-refractivity contribution in [1.82, 2.24) is 24.9 Å². The van der Waals surface area contributed by atoms with Gasteiger partial charge in [0.15, 0.2) is 0 Å². The summed E-state index contributed by atoms with van der Waals surface area (Å²) in [5, 5.41) is 11.6. The summed E-state index contributed by atoms with van der Waals surface area (Å²) >= 11 is 0. The Morgan fingerprint density at radius 2 is 2.32 bits per heavy atom. The van der Waals surface area contributed by atoms with Crippen molar-refractivity contribution < 1.29 is 4.79 Å². The maximum Gasteiger partial charge on any atom is 0.224 e. The molecule has 0 spiro atoms. The molecule has 0 radical (unpaired) electrons. The van der Waals surface area contributed by atoms with E-state index in [2.05, 4.69) is 21.4 Å². The highest BCUT2D eigenvalue weighted by molar-refractivity contribution is 5.76. The molecule has 0 unspecified atom stereocenters. The van der Waals surface area contributed by atoms with Crippen molar-refractivity contribution in [1.29, 1.82) is 0 Å². The van der Waals surface area contributed by atoms with Crippen molar-refractivity contribution in [3.8, 4) is 0 Å². The van der Waals surface area contributed by atoms with Crippen LogP contribution in [-0.4, -0.2) is 43.9 Å². The van der Waals surface area contributed by atoms with Crippen LogP contribution in [0.5, 0.6) is 0 Å². The molecule has 2 aromatic heterocycles. The number of hydrogen-bond acceptors (Lipinski definition) is 3. The Balaban J connectivity index is 1.55. The molecule has 3 rings (SSSR count). The fraction of sp³-hybridized carbons (Fsp3) is 0.562. The second kappa shape index (κ2) is 6.34.